The lowest BCUT2D eigenvalue weighted by Gasteiger charge is -2.22. The summed E-state index contributed by atoms with van der Waals surface area (Å²) in [5, 5.41) is 7.10. The molecule has 0 aliphatic rings. The average Bonchev–Trinajstić information content (AvgIpc) is 3.20. The van der Waals surface area contributed by atoms with Gasteiger partial charge in [0.15, 0.2) is 0 Å². The van der Waals surface area contributed by atoms with E-state index in [1.54, 1.807) is 26.4 Å². The third kappa shape index (κ3) is 3.82. The van der Waals surface area contributed by atoms with Crippen molar-refractivity contribution in [3.05, 3.63) is 72.6 Å². The van der Waals surface area contributed by atoms with Crippen LogP contribution in [0.3, 0.4) is 0 Å². The van der Waals surface area contributed by atoms with Crippen LogP contribution in [0.15, 0.2) is 61.4 Å². The summed E-state index contributed by atoms with van der Waals surface area (Å²) >= 11 is 0. The fourth-order valence-electron chi connectivity index (χ4n) is 2.53. The second-order valence-corrected chi connectivity index (χ2v) is 5.56. The van der Waals surface area contributed by atoms with Gasteiger partial charge in [0.2, 0.25) is 5.91 Å². The number of pyridine rings is 1. The summed E-state index contributed by atoms with van der Waals surface area (Å²) in [6.45, 7) is 1.77. The standard InChI is InChI=1S/C18H19N5O2/c1-13(23-12-20-11-21-23)18(24)22-17(15-6-4-8-19-10-15)14-5-3-7-16(9-14)25-2/h3-13,17H,1-2H3,(H,22,24)/t13-,17-/m0/s1. The topological polar surface area (TPSA) is 81.9 Å². The van der Waals surface area contributed by atoms with Crippen molar-refractivity contribution < 1.29 is 9.53 Å². The van der Waals surface area contributed by atoms with Crippen LogP contribution in [0.5, 0.6) is 5.75 Å². The monoisotopic (exact) mass is 337 g/mol. The van der Waals surface area contributed by atoms with Gasteiger partial charge < -0.3 is 10.1 Å². The van der Waals surface area contributed by atoms with E-state index < -0.39 is 6.04 Å². The van der Waals surface area contributed by atoms with E-state index in [4.69, 9.17) is 4.74 Å². The van der Waals surface area contributed by atoms with Gasteiger partial charge in [0.25, 0.3) is 0 Å². The number of methoxy groups -OCH3 is 1. The first-order valence-corrected chi connectivity index (χ1v) is 7.87. The van der Waals surface area contributed by atoms with E-state index in [0.717, 1.165) is 16.9 Å². The Labute approximate surface area is 145 Å². The van der Waals surface area contributed by atoms with Crippen LogP contribution < -0.4 is 10.1 Å². The minimum atomic E-state index is -0.479. The molecule has 0 aliphatic heterocycles. The van der Waals surface area contributed by atoms with Gasteiger partial charge in [0.05, 0.1) is 13.2 Å². The van der Waals surface area contributed by atoms with Gasteiger partial charge in [-0.3, -0.25) is 9.78 Å². The van der Waals surface area contributed by atoms with Crippen LogP contribution >= 0.6 is 0 Å². The first-order valence-electron chi connectivity index (χ1n) is 7.87. The fourth-order valence-corrected chi connectivity index (χ4v) is 2.53. The number of hydrogen-bond acceptors (Lipinski definition) is 5. The van der Waals surface area contributed by atoms with Crippen LogP contribution in [0.2, 0.25) is 0 Å². The predicted octanol–water partition coefficient (Wildman–Crippen LogP) is 2.15. The van der Waals surface area contributed by atoms with Crippen molar-refractivity contribution in [1.82, 2.24) is 25.1 Å². The van der Waals surface area contributed by atoms with Crippen LogP contribution in [0.4, 0.5) is 0 Å². The SMILES string of the molecule is COc1cccc([C@H](NC(=O)[C@H](C)n2cncn2)c2cccnc2)c1. The molecule has 0 spiro atoms. The van der Waals surface area contributed by atoms with Gasteiger partial charge >= 0.3 is 0 Å². The highest BCUT2D eigenvalue weighted by Crippen LogP contribution is 2.25. The van der Waals surface area contributed by atoms with E-state index in [9.17, 15) is 4.79 Å². The van der Waals surface area contributed by atoms with Crippen molar-refractivity contribution in [1.29, 1.82) is 0 Å². The smallest absolute Gasteiger partial charge is 0.245 e. The lowest BCUT2D eigenvalue weighted by Crippen LogP contribution is -2.35. The first kappa shape index (κ1) is 16.6. The van der Waals surface area contributed by atoms with Gasteiger partial charge in [-0.25, -0.2) is 9.67 Å². The summed E-state index contributed by atoms with van der Waals surface area (Å²) in [5.41, 5.74) is 1.79. The van der Waals surface area contributed by atoms with Gasteiger partial charge in [-0.1, -0.05) is 18.2 Å². The highest BCUT2D eigenvalue weighted by molar-refractivity contribution is 5.80. The minimum Gasteiger partial charge on any atom is -0.497 e. The number of ether oxygens (including phenoxy) is 1. The number of hydrogen-bond donors (Lipinski definition) is 1. The molecule has 0 radical (unpaired) electrons. The quantitative estimate of drug-likeness (QED) is 0.745. The molecule has 1 amide bonds. The van der Waals surface area contributed by atoms with Crippen molar-refractivity contribution in [3.63, 3.8) is 0 Å². The fraction of sp³-hybridized carbons (Fsp3) is 0.222. The molecule has 1 aromatic carbocycles. The zero-order chi connectivity index (χ0) is 17.6. The van der Waals surface area contributed by atoms with Crippen molar-refractivity contribution in [3.8, 4) is 5.75 Å². The molecule has 25 heavy (non-hydrogen) atoms. The van der Waals surface area contributed by atoms with Crippen molar-refractivity contribution in [2.24, 2.45) is 0 Å². The number of benzene rings is 1. The number of nitrogens with one attached hydrogen (secondary N) is 1. The molecule has 7 nitrogen and oxygen atoms in total. The van der Waals surface area contributed by atoms with Crippen LogP contribution in [0.25, 0.3) is 0 Å². The highest BCUT2D eigenvalue weighted by atomic mass is 16.5. The lowest BCUT2D eigenvalue weighted by molar-refractivity contribution is -0.124. The van der Waals surface area contributed by atoms with Crippen molar-refractivity contribution in [2.45, 2.75) is 19.0 Å². The van der Waals surface area contributed by atoms with Crippen LogP contribution in [0.1, 0.15) is 30.1 Å². The second kappa shape index (κ2) is 7.57. The molecule has 128 valence electrons. The Balaban J connectivity index is 1.90. The third-order valence-electron chi connectivity index (χ3n) is 3.94. The summed E-state index contributed by atoms with van der Waals surface area (Å²) in [7, 11) is 1.61. The Morgan fingerprint density at radius 3 is 2.72 bits per heavy atom. The summed E-state index contributed by atoms with van der Waals surface area (Å²) in [6, 6.07) is 10.6. The average molecular weight is 337 g/mol. The van der Waals surface area contributed by atoms with Gasteiger partial charge in [-0.05, 0) is 36.2 Å². The Kier molecular flexibility index (Phi) is 5.03. The summed E-state index contributed by atoms with van der Waals surface area (Å²) in [6.07, 6.45) is 6.37. The van der Waals surface area contributed by atoms with Gasteiger partial charge in [-0.15, -0.1) is 0 Å². The number of rotatable bonds is 6. The minimum absolute atomic E-state index is 0.165. The molecule has 2 heterocycles. The molecule has 0 bridgehead atoms. The molecule has 2 atom stereocenters. The molecule has 1 N–H and O–H groups in total. The lowest BCUT2D eigenvalue weighted by atomic mass is 9.99. The van der Waals surface area contributed by atoms with E-state index in [1.165, 1.54) is 17.3 Å². The largest absolute Gasteiger partial charge is 0.497 e. The van der Waals surface area contributed by atoms with Crippen molar-refractivity contribution in [2.75, 3.05) is 7.11 Å². The molecule has 3 rings (SSSR count). The number of amides is 1. The van der Waals surface area contributed by atoms with E-state index in [-0.39, 0.29) is 11.9 Å². The molecule has 2 aromatic heterocycles. The first-order chi connectivity index (χ1) is 12.2. The Morgan fingerprint density at radius 2 is 2.04 bits per heavy atom. The normalized spacial score (nSPS) is 13.0. The maximum absolute atomic E-state index is 12.7. The highest BCUT2D eigenvalue weighted by Gasteiger charge is 2.22. The summed E-state index contributed by atoms with van der Waals surface area (Å²) < 4.78 is 6.82. The van der Waals surface area contributed by atoms with Crippen LogP contribution in [-0.2, 0) is 4.79 Å². The summed E-state index contributed by atoms with van der Waals surface area (Å²) in [5.74, 6) is 0.562. The Morgan fingerprint density at radius 1 is 1.20 bits per heavy atom. The maximum atomic E-state index is 12.7. The van der Waals surface area contributed by atoms with Gasteiger partial charge in [0.1, 0.15) is 24.4 Å². The molecule has 0 unspecified atom stereocenters. The summed E-state index contributed by atoms with van der Waals surface area (Å²) in [4.78, 5) is 20.8. The zero-order valence-corrected chi connectivity index (χ0v) is 14.0. The molecule has 7 heteroatoms. The Hall–Kier alpha value is -3.22. The number of carbonyl (C=O) groups is 1. The molecule has 0 saturated heterocycles. The maximum Gasteiger partial charge on any atom is 0.245 e. The number of carbonyl (C=O) groups excluding carboxylic acids is 1. The zero-order valence-electron chi connectivity index (χ0n) is 14.0. The van der Waals surface area contributed by atoms with Crippen LogP contribution in [-0.4, -0.2) is 32.8 Å². The van der Waals surface area contributed by atoms with E-state index in [2.05, 4.69) is 20.4 Å². The van der Waals surface area contributed by atoms with Gasteiger partial charge in [-0.2, -0.15) is 5.10 Å². The van der Waals surface area contributed by atoms with Crippen LogP contribution in [0, 0.1) is 0 Å². The molecule has 0 fully saturated rings. The molecule has 0 saturated carbocycles. The van der Waals surface area contributed by atoms with Gasteiger partial charge in [0, 0.05) is 12.4 Å². The van der Waals surface area contributed by atoms with E-state index in [1.807, 2.05) is 36.4 Å². The molecular formula is C18H19N5O2. The predicted molar refractivity (Wildman–Crippen MR) is 91.9 cm³/mol. The number of aromatic nitrogens is 4. The van der Waals surface area contributed by atoms with Crippen molar-refractivity contribution >= 4 is 5.91 Å². The van der Waals surface area contributed by atoms with E-state index >= 15 is 0 Å². The molecule has 3 aromatic rings. The Bertz CT molecular complexity index is 821. The number of nitrogens with zero attached hydrogens (tertiary/aromatic N) is 4. The van der Waals surface area contributed by atoms with E-state index in [0.29, 0.717) is 0 Å². The second-order valence-electron chi connectivity index (χ2n) is 5.56. The molecular weight excluding hydrogens is 318 g/mol. The third-order valence-corrected chi connectivity index (χ3v) is 3.94. The molecule has 0 aliphatic carbocycles.